The summed E-state index contributed by atoms with van der Waals surface area (Å²) in [6.45, 7) is 6.74. The molecular weight excluding hydrogens is 474 g/mol. The Balaban J connectivity index is 1.44. The van der Waals surface area contributed by atoms with E-state index in [1.807, 2.05) is 11.8 Å². The quantitative estimate of drug-likeness (QED) is 0.620. The number of aryl methyl sites for hydroxylation is 3. The predicted molar refractivity (Wildman–Crippen MR) is 129 cm³/mol. The Labute approximate surface area is 204 Å². The molecule has 184 valence electrons. The van der Waals surface area contributed by atoms with Gasteiger partial charge in [-0.3, -0.25) is 9.69 Å². The molecule has 0 radical (unpaired) electrons. The Morgan fingerprint density at radius 3 is 2.62 bits per heavy atom. The molecule has 0 unspecified atom stereocenters. The molecule has 1 aliphatic heterocycles. The maximum absolute atomic E-state index is 13.2. The molecule has 2 aliphatic rings. The monoisotopic (exact) mass is 505 g/mol. The summed E-state index contributed by atoms with van der Waals surface area (Å²) >= 11 is 1.53. The number of nitrogens with one attached hydrogen (secondary N) is 1. The molecule has 2 aromatic heterocycles. The van der Waals surface area contributed by atoms with Crippen LogP contribution in [0.4, 0.5) is 5.00 Å². The van der Waals surface area contributed by atoms with Crippen molar-refractivity contribution in [3.8, 4) is 6.07 Å². The molecule has 1 amide bonds. The minimum atomic E-state index is -3.72. The molecule has 1 saturated heterocycles. The van der Waals surface area contributed by atoms with Crippen LogP contribution < -0.4 is 5.32 Å². The Kier molecular flexibility index (Phi) is 7.42. The normalized spacial score (nSPS) is 19.0. The molecule has 1 fully saturated rings. The van der Waals surface area contributed by atoms with Crippen LogP contribution in [0.25, 0.3) is 0 Å². The fourth-order valence-electron chi connectivity index (χ4n) is 4.84. The number of carbonyl (C=O) groups is 1. The summed E-state index contributed by atoms with van der Waals surface area (Å²) < 4.78 is 32.9. The highest BCUT2D eigenvalue weighted by atomic mass is 32.2. The summed E-state index contributed by atoms with van der Waals surface area (Å²) in [5, 5.41) is 17.2. The molecule has 0 spiro atoms. The van der Waals surface area contributed by atoms with Crippen LogP contribution >= 0.6 is 11.3 Å². The summed E-state index contributed by atoms with van der Waals surface area (Å²) in [5.74, 6) is 0.115. The molecule has 11 heteroatoms. The number of rotatable bonds is 5. The number of fused-ring (bicyclic) bond motifs is 1. The third-order valence-corrected chi connectivity index (χ3v) is 10.1. The van der Waals surface area contributed by atoms with Crippen molar-refractivity contribution in [2.24, 2.45) is 0 Å². The fourth-order valence-corrected chi connectivity index (χ4v) is 7.85. The predicted octanol–water partition coefficient (Wildman–Crippen LogP) is 3.22. The summed E-state index contributed by atoms with van der Waals surface area (Å²) in [6.07, 6.45) is 5.82. The van der Waals surface area contributed by atoms with E-state index in [2.05, 4.69) is 16.5 Å². The lowest BCUT2D eigenvalue weighted by Gasteiger charge is -2.26. The first kappa shape index (κ1) is 24.9. The SMILES string of the molecule is Cc1noc(C)c1S(=O)(=O)N1CCCN([C@H](C)C(=O)Nc2sc3c(c2C#N)CCCCC3)CC1. The van der Waals surface area contributed by atoms with E-state index in [4.69, 9.17) is 4.52 Å². The van der Waals surface area contributed by atoms with Crippen molar-refractivity contribution in [1.82, 2.24) is 14.4 Å². The first-order valence-electron chi connectivity index (χ1n) is 11.8. The lowest BCUT2D eigenvalue weighted by atomic mass is 10.1. The number of amides is 1. The average Bonchev–Trinajstić information content (AvgIpc) is 3.08. The molecule has 4 rings (SSSR count). The van der Waals surface area contributed by atoms with Crippen LogP contribution in [0, 0.1) is 25.2 Å². The second kappa shape index (κ2) is 10.2. The van der Waals surface area contributed by atoms with Gasteiger partial charge in [0.25, 0.3) is 0 Å². The zero-order chi connectivity index (χ0) is 24.5. The van der Waals surface area contributed by atoms with Gasteiger partial charge in [-0.2, -0.15) is 9.57 Å². The van der Waals surface area contributed by atoms with Crippen molar-refractivity contribution in [1.29, 1.82) is 5.26 Å². The highest BCUT2D eigenvalue weighted by molar-refractivity contribution is 7.89. The van der Waals surface area contributed by atoms with Crippen LogP contribution in [0.5, 0.6) is 0 Å². The first-order chi connectivity index (χ1) is 16.2. The number of thiophene rings is 1. The van der Waals surface area contributed by atoms with E-state index >= 15 is 0 Å². The van der Waals surface area contributed by atoms with Gasteiger partial charge in [0.15, 0.2) is 5.76 Å². The van der Waals surface area contributed by atoms with Crippen molar-refractivity contribution in [3.63, 3.8) is 0 Å². The van der Waals surface area contributed by atoms with Gasteiger partial charge in [-0.25, -0.2) is 8.42 Å². The number of carbonyl (C=O) groups excluding carboxylic acids is 1. The maximum atomic E-state index is 13.2. The zero-order valence-electron chi connectivity index (χ0n) is 19.9. The van der Waals surface area contributed by atoms with E-state index in [0.29, 0.717) is 42.3 Å². The van der Waals surface area contributed by atoms with Gasteiger partial charge in [-0.1, -0.05) is 11.6 Å². The zero-order valence-corrected chi connectivity index (χ0v) is 21.5. The molecule has 2 aromatic rings. The van der Waals surface area contributed by atoms with E-state index in [0.717, 1.165) is 31.2 Å². The number of hydrogen-bond acceptors (Lipinski definition) is 8. The minimum absolute atomic E-state index is 0.133. The lowest BCUT2D eigenvalue weighted by Crippen LogP contribution is -2.44. The van der Waals surface area contributed by atoms with Gasteiger partial charge in [0.1, 0.15) is 21.7 Å². The van der Waals surface area contributed by atoms with Crippen molar-refractivity contribution in [2.45, 2.75) is 70.2 Å². The molecular formula is C23H31N5O4S2. The van der Waals surface area contributed by atoms with Crippen molar-refractivity contribution in [2.75, 3.05) is 31.5 Å². The maximum Gasteiger partial charge on any atom is 0.248 e. The second-order valence-electron chi connectivity index (χ2n) is 8.99. The summed E-state index contributed by atoms with van der Waals surface area (Å²) in [4.78, 5) is 16.5. The minimum Gasteiger partial charge on any atom is -0.360 e. The van der Waals surface area contributed by atoms with Gasteiger partial charge in [-0.05, 0) is 58.4 Å². The van der Waals surface area contributed by atoms with Gasteiger partial charge in [0, 0.05) is 31.1 Å². The highest BCUT2D eigenvalue weighted by Crippen LogP contribution is 2.37. The van der Waals surface area contributed by atoms with E-state index < -0.39 is 16.1 Å². The van der Waals surface area contributed by atoms with Crippen LogP contribution in [0.15, 0.2) is 9.42 Å². The number of nitriles is 1. The van der Waals surface area contributed by atoms with Crippen LogP contribution in [0.3, 0.4) is 0 Å². The van der Waals surface area contributed by atoms with Gasteiger partial charge in [0.2, 0.25) is 15.9 Å². The van der Waals surface area contributed by atoms with Crippen molar-refractivity contribution >= 4 is 32.3 Å². The molecule has 0 aromatic carbocycles. The Bertz CT molecular complexity index is 1190. The van der Waals surface area contributed by atoms with Crippen LogP contribution in [0.2, 0.25) is 0 Å². The van der Waals surface area contributed by atoms with Crippen LogP contribution in [-0.4, -0.2) is 60.9 Å². The van der Waals surface area contributed by atoms with E-state index in [-0.39, 0.29) is 23.1 Å². The van der Waals surface area contributed by atoms with E-state index in [9.17, 15) is 18.5 Å². The number of sulfonamides is 1. The summed E-state index contributed by atoms with van der Waals surface area (Å²) in [5.41, 5.74) is 2.06. The van der Waals surface area contributed by atoms with Crippen molar-refractivity contribution < 1.29 is 17.7 Å². The Morgan fingerprint density at radius 2 is 1.91 bits per heavy atom. The molecule has 3 heterocycles. The number of hydrogen-bond donors (Lipinski definition) is 1. The molecule has 0 saturated carbocycles. The summed E-state index contributed by atoms with van der Waals surface area (Å²) in [6, 6.07) is 1.86. The smallest absolute Gasteiger partial charge is 0.248 e. The van der Waals surface area contributed by atoms with Crippen LogP contribution in [-0.2, 0) is 27.7 Å². The fraction of sp³-hybridized carbons (Fsp3) is 0.609. The Morgan fingerprint density at radius 1 is 1.15 bits per heavy atom. The number of anilines is 1. The highest BCUT2D eigenvalue weighted by Gasteiger charge is 2.34. The first-order valence-corrected chi connectivity index (χ1v) is 14.0. The Hall–Kier alpha value is -2.26. The van der Waals surface area contributed by atoms with E-state index in [1.165, 1.54) is 26.9 Å². The summed E-state index contributed by atoms with van der Waals surface area (Å²) in [7, 11) is -3.72. The molecule has 1 N–H and O–H groups in total. The van der Waals surface area contributed by atoms with Gasteiger partial charge in [0.05, 0.1) is 11.6 Å². The third kappa shape index (κ3) is 4.77. The standard InChI is InChI=1S/C23H31N5O4S2/c1-15-21(17(3)32-26-15)34(30,31)28-11-7-10-27(12-13-28)16(2)22(29)25-23-19(14-24)18-8-5-4-6-9-20(18)33-23/h16H,4-13H2,1-3H3,(H,25,29)/t16-/m1/s1. The van der Waals surface area contributed by atoms with Gasteiger partial charge in [-0.15, -0.1) is 11.3 Å². The lowest BCUT2D eigenvalue weighted by molar-refractivity contribution is -0.120. The molecule has 34 heavy (non-hydrogen) atoms. The number of nitrogens with zero attached hydrogens (tertiary/aromatic N) is 4. The molecule has 1 atom stereocenters. The van der Waals surface area contributed by atoms with Crippen molar-refractivity contribution in [3.05, 3.63) is 27.5 Å². The topological polar surface area (TPSA) is 120 Å². The van der Waals surface area contributed by atoms with Gasteiger partial charge < -0.3 is 9.84 Å². The van der Waals surface area contributed by atoms with Gasteiger partial charge >= 0.3 is 0 Å². The number of aromatic nitrogens is 1. The second-order valence-corrected chi connectivity index (χ2v) is 12.0. The average molecular weight is 506 g/mol. The molecule has 1 aliphatic carbocycles. The van der Waals surface area contributed by atoms with E-state index in [1.54, 1.807) is 13.8 Å². The van der Waals surface area contributed by atoms with Crippen LogP contribution in [0.1, 0.15) is 60.1 Å². The molecule has 9 nitrogen and oxygen atoms in total. The molecule has 0 bridgehead atoms. The third-order valence-electron chi connectivity index (χ3n) is 6.75. The largest absolute Gasteiger partial charge is 0.360 e.